The molecule has 2 heteroatoms. The molecular formula is C47H29NS. The molecule has 0 radical (unpaired) electrons. The molecule has 1 spiro atoms. The second-order valence-corrected chi connectivity index (χ2v) is 14.3. The van der Waals surface area contributed by atoms with Crippen molar-refractivity contribution in [3.05, 3.63) is 198 Å². The van der Waals surface area contributed by atoms with E-state index in [4.69, 9.17) is 0 Å². The van der Waals surface area contributed by atoms with Gasteiger partial charge in [-0.25, -0.2) is 0 Å². The Bertz CT molecular complexity index is 2790. The zero-order chi connectivity index (χ0) is 32.1. The Balaban J connectivity index is 1.24. The highest BCUT2D eigenvalue weighted by atomic mass is 32.1. The van der Waals surface area contributed by atoms with Gasteiger partial charge < -0.3 is 4.90 Å². The number of benzene rings is 8. The van der Waals surface area contributed by atoms with Gasteiger partial charge in [0.15, 0.2) is 0 Å². The van der Waals surface area contributed by atoms with Crippen molar-refractivity contribution >= 4 is 59.3 Å². The first-order chi connectivity index (χ1) is 24.3. The van der Waals surface area contributed by atoms with E-state index in [0.29, 0.717) is 0 Å². The number of para-hydroxylation sites is 1. The lowest BCUT2D eigenvalue weighted by molar-refractivity contribution is 0.794. The molecule has 1 unspecified atom stereocenters. The Labute approximate surface area is 289 Å². The standard InChI is InChI=1S/C47H29NS/c1-2-15-31(16-3-1)48(43-23-12-14-30-13-4-5-17-33(30)43)32-25-26-35-34-18-6-9-21-39(34)47(42(35)29-32)40-22-10-7-20-38(40)45-41(47)28-27-37-36-19-8-11-24-44(36)49-46(37)45/h1-29H. The van der Waals surface area contributed by atoms with E-state index < -0.39 is 5.41 Å². The molecule has 0 bridgehead atoms. The summed E-state index contributed by atoms with van der Waals surface area (Å²) in [5.41, 5.74) is 13.9. The van der Waals surface area contributed by atoms with Crippen molar-refractivity contribution in [3.8, 4) is 22.3 Å². The van der Waals surface area contributed by atoms with Gasteiger partial charge >= 0.3 is 0 Å². The summed E-state index contributed by atoms with van der Waals surface area (Å²) in [4.78, 5) is 2.44. The number of fused-ring (bicyclic) bond motifs is 15. The monoisotopic (exact) mass is 639 g/mol. The maximum atomic E-state index is 2.49. The van der Waals surface area contributed by atoms with E-state index in [-0.39, 0.29) is 0 Å². The maximum absolute atomic E-state index is 2.49. The molecule has 8 aromatic carbocycles. The Hall–Kier alpha value is -5.96. The molecule has 0 saturated heterocycles. The number of hydrogen-bond donors (Lipinski definition) is 0. The highest BCUT2D eigenvalue weighted by molar-refractivity contribution is 7.26. The van der Waals surface area contributed by atoms with Gasteiger partial charge in [-0.05, 0) is 80.7 Å². The second-order valence-electron chi connectivity index (χ2n) is 13.2. The molecule has 0 amide bonds. The van der Waals surface area contributed by atoms with E-state index in [1.54, 1.807) is 0 Å². The van der Waals surface area contributed by atoms with Gasteiger partial charge in [-0.15, -0.1) is 11.3 Å². The molecule has 9 aromatic rings. The molecule has 1 aromatic heterocycles. The molecule has 11 rings (SSSR count). The minimum absolute atomic E-state index is 0.431. The molecule has 49 heavy (non-hydrogen) atoms. The Morgan fingerprint density at radius 1 is 0.408 bits per heavy atom. The first-order valence-electron chi connectivity index (χ1n) is 16.9. The Morgan fingerprint density at radius 2 is 1.08 bits per heavy atom. The van der Waals surface area contributed by atoms with Crippen LogP contribution in [0.1, 0.15) is 22.3 Å². The van der Waals surface area contributed by atoms with Gasteiger partial charge in [-0.1, -0.05) is 140 Å². The lowest BCUT2D eigenvalue weighted by Crippen LogP contribution is -2.26. The molecular weight excluding hydrogens is 611 g/mol. The van der Waals surface area contributed by atoms with Crippen molar-refractivity contribution in [1.29, 1.82) is 0 Å². The summed E-state index contributed by atoms with van der Waals surface area (Å²) in [6.07, 6.45) is 0. The minimum atomic E-state index is -0.431. The van der Waals surface area contributed by atoms with Crippen LogP contribution >= 0.6 is 11.3 Å². The number of hydrogen-bond acceptors (Lipinski definition) is 2. The van der Waals surface area contributed by atoms with Crippen molar-refractivity contribution in [2.24, 2.45) is 0 Å². The molecule has 0 N–H and O–H groups in total. The van der Waals surface area contributed by atoms with Crippen molar-refractivity contribution in [2.75, 3.05) is 4.90 Å². The zero-order valence-electron chi connectivity index (χ0n) is 26.6. The predicted molar refractivity (Wildman–Crippen MR) is 208 cm³/mol. The normalized spacial score (nSPS) is 15.4. The third-order valence-electron chi connectivity index (χ3n) is 10.9. The molecule has 2 aliphatic rings. The Morgan fingerprint density at radius 3 is 1.96 bits per heavy atom. The summed E-state index contributed by atoms with van der Waals surface area (Å²) < 4.78 is 2.72. The van der Waals surface area contributed by atoms with Crippen LogP contribution in [-0.4, -0.2) is 0 Å². The third kappa shape index (κ3) is 3.54. The van der Waals surface area contributed by atoms with Gasteiger partial charge in [-0.2, -0.15) is 0 Å². The fraction of sp³-hybridized carbons (Fsp3) is 0.0213. The fourth-order valence-corrected chi connectivity index (χ4v) is 10.2. The lowest BCUT2D eigenvalue weighted by Gasteiger charge is -2.32. The Kier molecular flexibility index (Phi) is 5.53. The van der Waals surface area contributed by atoms with E-state index >= 15 is 0 Å². The molecule has 1 atom stereocenters. The average Bonchev–Trinajstić information content (AvgIpc) is 3.79. The van der Waals surface area contributed by atoms with Crippen LogP contribution < -0.4 is 4.90 Å². The van der Waals surface area contributed by atoms with E-state index in [1.807, 2.05) is 11.3 Å². The van der Waals surface area contributed by atoms with Gasteiger partial charge in [0.1, 0.15) is 0 Å². The second kappa shape index (κ2) is 10.0. The van der Waals surface area contributed by atoms with Crippen LogP contribution in [0.25, 0.3) is 53.2 Å². The number of nitrogens with zero attached hydrogens (tertiary/aromatic N) is 1. The molecule has 2 aliphatic carbocycles. The molecule has 0 fully saturated rings. The van der Waals surface area contributed by atoms with Gasteiger partial charge in [0.05, 0.1) is 11.1 Å². The molecule has 0 aliphatic heterocycles. The summed E-state index contributed by atoms with van der Waals surface area (Å²) in [5.74, 6) is 0. The lowest BCUT2D eigenvalue weighted by atomic mass is 9.70. The van der Waals surface area contributed by atoms with Crippen LogP contribution in [-0.2, 0) is 5.41 Å². The predicted octanol–water partition coefficient (Wildman–Crippen LogP) is 13.0. The van der Waals surface area contributed by atoms with Crippen LogP contribution in [0.15, 0.2) is 176 Å². The number of anilines is 3. The third-order valence-corrected chi connectivity index (χ3v) is 12.1. The summed E-state index contributed by atoms with van der Waals surface area (Å²) in [7, 11) is 0. The van der Waals surface area contributed by atoms with Crippen LogP contribution in [0.3, 0.4) is 0 Å². The van der Waals surface area contributed by atoms with E-state index in [2.05, 4.69) is 181 Å². The van der Waals surface area contributed by atoms with Crippen LogP contribution in [0, 0.1) is 0 Å². The van der Waals surface area contributed by atoms with Crippen molar-refractivity contribution in [2.45, 2.75) is 5.41 Å². The van der Waals surface area contributed by atoms with Gasteiger partial charge in [-0.3, -0.25) is 0 Å². The molecule has 228 valence electrons. The van der Waals surface area contributed by atoms with Crippen molar-refractivity contribution in [1.82, 2.24) is 0 Å². The van der Waals surface area contributed by atoms with Gasteiger partial charge in [0.25, 0.3) is 0 Å². The molecule has 1 nitrogen and oxygen atoms in total. The summed E-state index contributed by atoms with van der Waals surface area (Å²) in [5, 5.41) is 5.15. The smallest absolute Gasteiger partial charge is 0.0726 e. The highest BCUT2D eigenvalue weighted by Gasteiger charge is 2.52. The maximum Gasteiger partial charge on any atom is 0.0726 e. The highest BCUT2D eigenvalue weighted by Crippen LogP contribution is 2.65. The fourth-order valence-electron chi connectivity index (χ4n) is 8.94. The summed E-state index contributed by atoms with van der Waals surface area (Å²) in [6.45, 7) is 0. The largest absolute Gasteiger partial charge is 0.310 e. The summed E-state index contributed by atoms with van der Waals surface area (Å²) >= 11 is 1.93. The van der Waals surface area contributed by atoms with Crippen molar-refractivity contribution < 1.29 is 0 Å². The van der Waals surface area contributed by atoms with Crippen LogP contribution in [0.5, 0.6) is 0 Å². The number of rotatable bonds is 3. The van der Waals surface area contributed by atoms with Crippen LogP contribution in [0.4, 0.5) is 17.1 Å². The molecule has 1 heterocycles. The minimum Gasteiger partial charge on any atom is -0.310 e. The summed E-state index contributed by atoms with van der Waals surface area (Å²) in [6, 6.07) is 65.3. The SMILES string of the molecule is c1ccc(N(c2ccc3c(c2)C2(c4ccccc4-3)c3ccccc3-c3c2ccc2c3sc3ccccc32)c2cccc3ccccc23)cc1. The molecule has 0 saturated carbocycles. The van der Waals surface area contributed by atoms with Gasteiger partial charge in [0, 0.05) is 42.5 Å². The average molecular weight is 640 g/mol. The van der Waals surface area contributed by atoms with Crippen molar-refractivity contribution in [3.63, 3.8) is 0 Å². The van der Waals surface area contributed by atoms with E-state index in [1.165, 1.54) is 81.1 Å². The topological polar surface area (TPSA) is 3.24 Å². The number of thiophene rings is 1. The van der Waals surface area contributed by atoms with E-state index in [0.717, 1.165) is 11.4 Å². The quantitative estimate of drug-likeness (QED) is 0.186. The zero-order valence-corrected chi connectivity index (χ0v) is 27.4. The van der Waals surface area contributed by atoms with Crippen LogP contribution in [0.2, 0.25) is 0 Å². The first kappa shape index (κ1) is 27.0. The van der Waals surface area contributed by atoms with E-state index in [9.17, 15) is 0 Å². The van der Waals surface area contributed by atoms with Gasteiger partial charge in [0.2, 0.25) is 0 Å². The first-order valence-corrected chi connectivity index (χ1v) is 17.8.